The molecular weight excluding hydrogens is 430 g/mol. The van der Waals surface area contributed by atoms with Crippen molar-refractivity contribution in [2.45, 2.75) is 40.2 Å². The summed E-state index contributed by atoms with van der Waals surface area (Å²) in [6.07, 6.45) is 5.45. The predicted molar refractivity (Wildman–Crippen MR) is 122 cm³/mol. The number of esters is 2. The van der Waals surface area contributed by atoms with Crippen molar-refractivity contribution < 1.29 is 19.1 Å². The van der Waals surface area contributed by atoms with Crippen molar-refractivity contribution in [2.24, 2.45) is 0 Å². The van der Waals surface area contributed by atoms with Crippen molar-refractivity contribution in [3.8, 4) is 12.1 Å². The Labute approximate surface area is 186 Å². The highest BCUT2D eigenvalue weighted by Gasteiger charge is 2.20. The number of thioether (sulfide) groups is 3. The summed E-state index contributed by atoms with van der Waals surface area (Å²) in [7, 11) is 0. The largest absolute Gasteiger partial charge is 0.462 e. The first-order valence-corrected chi connectivity index (χ1v) is 12.3. The van der Waals surface area contributed by atoms with Gasteiger partial charge in [-0.25, -0.2) is 9.59 Å². The Kier molecular flexibility index (Phi) is 16.3. The van der Waals surface area contributed by atoms with E-state index in [1.54, 1.807) is 13.8 Å². The van der Waals surface area contributed by atoms with E-state index in [4.69, 9.17) is 20.0 Å². The van der Waals surface area contributed by atoms with Crippen molar-refractivity contribution in [3.63, 3.8) is 0 Å². The van der Waals surface area contributed by atoms with Crippen LogP contribution in [0.1, 0.15) is 34.6 Å². The molecular formula is C19H29N3O4S3. The smallest absolute Gasteiger partial charge is 0.351 e. The number of hydrogen-bond donors (Lipinski definition) is 1. The van der Waals surface area contributed by atoms with E-state index >= 15 is 0 Å². The first-order valence-electron chi connectivity index (χ1n) is 8.59. The Morgan fingerprint density at radius 1 is 0.862 bits per heavy atom. The van der Waals surface area contributed by atoms with Crippen LogP contribution in [0.3, 0.4) is 0 Å². The van der Waals surface area contributed by atoms with E-state index in [9.17, 15) is 9.59 Å². The second-order valence-electron chi connectivity index (χ2n) is 6.02. The maximum atomic E-state index is 11.5. The molecule has 0 atom stereocenters. The molecule has 0 bridgehead atoms. The van der Waals surface area contributed by atoms with Crippen LogP contribution in [-0.4, -0.2) is 49.5 Å². The third kappa shape index (κ3) is 12.4. The number of carbonyl (C=O) groups is 2. The van der Waals surface area contributed by atoms with E-state index < -0.39 is 11.9 Å². The summed E-state index contributed by atoms with van der Waals surface area (Å²) in [5.74, 6) is -1.12. The Balaban J connectivity index is 0. The quantitative estimate of drug-likeness (QED) is 0.324. The number of carbonyl (C=O) groups excluding carboxylic acids is 2. The minimum absolute atomic E-state index is 0.0317. The molecule has 0 saturated heterocycles. The van der Waals surface area contributed by atoms with Gasteiger partial charge < -0.3 is 14.8 Å². The summed E-state index contributed by atoms with van der Waals surface area (Å²) in [5, 5.41) is 21.3. The van der Waals surface area contributed by atoms with Crippen LogP contribution in [0.4, 0.5) is 0 Å². The lowest BCUT2D eigenvalue weighted by atomic mass is 10.1. The predicted octanol–water partition coefficient (Wildman–Crippen LogP) is 4.05. The molecule has 1 N–H and O–H groups in total. The molecule has 0 heterocycles. The summed E-state index contributed by atoms with van der Waals surface area (Å²) in [6.45, 7) is 9.87. The van der Waals surface area contributed by atoms with E-state index in [-0.39, 0.29) is 23.3 Å². The van der Waals surface area contributed by atoms with Gasteiger partial charge in [0.1, 0.15) is 12.1 Å². The third-order valence-electron chi connectivity index (χ3n) is 2.68. The van der Waals surface area contributed by atoms with Crippen LogP contribution in [0, 0.1) is 22.7 Å². The maximum Gasteiger partial charge on any atom is 0.351 e. The molecule has 0 fully saturated rings. The first kappa shape index (κ1) is 29.5. The number of nitriles is 2. The minimum atomic E-state index is -0.578. The van der Waals surface area contributed by atoms with Gasteiger partial charge in [-0.3, -0.25) is 0 Å². The van der Waals surface area contributed by atoms with Gasteiger partial charge in [-0.1, -0.05) is 0 Å². The number of rotatable bonds is 8. The van der Waals surface area contributed by atoms with Gasteiger partial charge in [0.05, 0.1) is 22.5 Å². The molecule has 0 spiro atoms. The maximum absolute atomic E-state index is 11.5. The second-order valence-corrected chi connectivity index (χ2v) is 8.73. The molecule has 0 radical (unpaired) electrons. The van der Waals surface area contributed by atoms with Gasteiger partial charge >= 0.3 is 11.9 Å². The zero-order valence-electron chi connectivity index (χ0n) is 18.2. The molecule has 0 aliphatic rings. The topological polar surface area (TPSA) is 112 Å². The molecule has 29 heavy (non-hydrogen) atoms. The van der Waals surface area contributed by atoms with Gasteiger partial charge in [0, 0.05) is 5.54 Å². The highest BCUT2D eigenvalue weighted by Crippen LogP contribution is 2.27. The Morgan fingerprint density at radius 3 is 1.55 bits per heavy atom. The van der Waals surface area contributed by atoms with Crippen LogP contribution < -0.4 is 5.32 Å². The van der Waals surface area contributed by atoms with Gasteiger partial charge in [-0.2, -0.15) is 10.5 Å². The molecule has 162 valence electrons. The summed E-state index contributed by atoms with van der Waals surface area (Å²) in [4.78, 5) is 22.7. The van der Waals surface area contributed by atoms with Crippen LogP contribution in [-0.2, 0) is 19.1 Å². The number of ether oxygens (including phenoxy) is 2. The molecule has 0 aliphatic carbocycles. The highest BCUT2D eigenvalue weighted by atomic mass is 32.2. The molecule has 0 aromatic carbocycles. The molecule has 0 saturated carbocycles. The standard InChI is InChI=1S/C11H18N2O2S.C8H11NO2S2/c1-6-15-10(14)8(7-12)9(16-5)13-11(2,3)4;1-4-11-7(10)6(5-9)8(12-2)13-3/h13H,6H2,1-5H3;4H2,1-3H3. The summed E-state index contributed by atoms with van der Waals surface area (Å²) in [5.41, 5.74) is -0.0708. The summed E-state index contributed by atoms with van der Waals surface area (Å²) < 4.78 is 10.2. The number of nitrogens with one attached hydrogen (secondary N) is 1. The monoisotopic (exact) mass is 459 g/mol. The molecule has 10 heteroatoms. The zero-order chi connectivity index (χ0) is 23.0. The van der Waals surface area contributed by atoms with Crippen LogP contribution in [0.15, 0.2) is 20.4 Å². The lowest BCUT2D eigenvalue weighted by Gasteiger charge is -2.23. The van der Waals surface area contributed by atoms with Crippen LogP contribution in [0.5, 0.6) is 0 Å². The van der Waals surface area contributed by atoms with E-state index in [0.29, 0.717) is 15.9 Å². The van der Waals surface area contributed by atoms with E-state index in [1.807, 2.05) is 51.7 Å². The SMILES string of the molecule is CCOC(=O)C(C#N)=C(NC(C)(C)C)SC.CCOC(=O)C(C#N)=C(SC)SC. The second kappa shape index (κ2) is 16.1. The molecule has 0 aliphatic heterocycles. The van der Waals surface area contributed by atoms with Crippen LogP contribution in [0.25, 0.3) is 0 Å². The Bertz CT molecular complexity index is 693. The first-order chi connectivity index (χ1) is 13.6. The van der Waals surface area contributed by atoms with Gasteiger partial charge in [0.2, 0.25) is 0 Å². The lowest BCUT2D eigenvalue weighted by molar-refractivity contribution is -0.138. The highest BCUT2D eigenvalue weighted by molar-refractivity contribution is 8.21. The van der Waals surface area contributed by atoms with Crippen LogP contribution >= 0.6 is 35.3 Å². The molecule has 0 unspecified atom stereocenters. The van der Waals surface area contributed by atoms with Crippen molar-refractivity contribution >= 4 is 47.2 Å². The fourth-order valence-electron chi connectivity index (χ4n) is 1.61. The van der Waals surface area contributed by atoms with Gasteiger partial charge in [-0.15, -0.1) is 35.3 Å². The third-order valence-corrected chi connectivity index (χ3v) is 5.54. The van der Waals surface area contributed by atoms with Crippen LogP contribution in [0.2, 0.25) is 0 Å². The molecule has 0 aromatic heterocycles. The molecule has 0 rings (SSSR count). The fraction of sp³-hybridized carbons (Fsp3) is 0.579. The van der Waals surface area contributed by atoms with E-state index in [1.165, 1.54) is 35.3 Å². The van der Waals surface area contributed by atoms with Gasteiger partial charge in [0.15, 0.2) is 11.1 Å². The van der Waals surface area contributed by atoms with Gasteiger partial charge in [-0.05, 0) is 53.4 Å². The van der Waals surface area contributed by atoms with E-state index in [0.717, 1.165) is 0 Å². The fourth-order valence-corrected chi connectivity index (χ4v) is 3.69. The summed E-state index contributed by atoms with van der Waals surface area (Å²) in [6, 6.07) is 3.73. The molecule has 7 nitrogen and oxygen atoms in total. The zero-order valence-corrected chi connectivity index (χ0v) is 20.6. The van der Waals surface area contributed by atoms with Crippen molar-refractivity contribution in [2.75, 3.05) is 32.0 Å². The average Bonchev–Trinajstić information content (AvgIpc) is 2.65. The Morgan fingerprint density at radius 2 is 1.28 bits per heavy atom. The van der Waals surface area contributed by atoms with Crippen molar-refractivity contribution in [1.29, 1.82) is 10.5 Å². The molecule has 0 amide bonds. The number of hydrogen-bond acceptors (Lipinski definition) is 10. The van der Waals surface area contributed by atoms with E-state index in [2.05, 4.69) is 5.32 Å². The molecule has 0 aromatic rings. The lowest BCUT2D eigenvalue weighted by Crippen LogP contribution is -2.35. The average molecular weight is 460 g/mol. The van der Waals surface area contributed by atoms with Crippen molar-refractivity contribution in [3.05, 3.63) is 20.4 Å². The Hall–Kier alpha value is -1.75. The normalized spacial score (nSPS) is 10.8. The summed E-state index contributed by atoms with van der Waals surface area (Å²) >= 11 is 4.08. The number of nitrogens with zero attached hydrogens (tertiary/aromatic N) is 2. The van der Waals surface area contributed by atoms with Gasteiger partial charge in [0.25, 0.3) is 0 Å². The minimum Gasteiger partial charge on any atom is -0.462 e. The van der Waals surface area contributed by atoms with Crippen molar-refractivity contribution in [1.82, 2.24) is 5.32 Å².